The fraction of sp³-hybridized carbons (Fsp3) is 0.391. The van der Waals surface area contributed by atoms with E-state index in [1.807, 2.05) is 36.4 Å². The van der Waals surface area contributed by atoms with E-state index < -0.39 is 0 Å². The van der Waals surface area contributed by atoms with Crippen molar-refractivity contribution in [2.45, 2.75) is 51.9 Å². The van der Waals surface area contributed by atoms with Crippen LogP contribution in [0.25, 0.3) is 0 Å². The molecule has 1 heterocycles. The van der Waals surface area contributed by atoms with E-state index >= 15 is 0 Å². The monoisotopic (exact) mass is 380 g/mol. The Bertz CT molecular complexity index is 815. The van der Waals surface area contributed by atoms with Crippen molar-refractivity contribution in [3.8, 4) is 5.75 Å². The Kier molecular flexibility index (Phi) is 7.06. The maximum Gasteiger partial charge on any atom is 0.255 e. The van der Waals surface area contributed by atoms with Gasteiger partial charge in [-0.25, -0.2) is 0 Å². The first-order valence-corrected chi connectivity index (χ1v) is 10.1. The van der Waals surface area contributed by atoms with Gasteiger partial charge in [0.25, 0.3) is 5.91 Å². The molecule has 0 aromatic heterocycles. The zero-order valence-corrected chi connectivity index (χ0v) is 16.4. The standard InChI is InChI=1S/C23H28N2O3/c1-2-3-4-5-15-28-20-12-10-19(11-13-20)24-23(27)18-9-14-21-17(16-18)7-6-8-22(26)25-21/h9-14,16H,2-8,15H2,1H3,(H,24,27)(H,25,26). The van der Waals surface area contributed by atoms with Gasteiger partial charge in [-0.1, -0.05) is 26.2 Å². The molecule has 1 aliphatic heterocycles. The van der Waals surface area contributed by atoms with Crippen LogP contribution in [0.2, 0.25) is 0 Å². The third-order valence-electron chi connectivity index (χ3n) is 4.87. The number of hydrogen-bond acceptors (Lipinski definition) is 3. The molecule has 2 amide bonds. The molecule has 2 aromatic rings. The molecule has 0 spiro atoms. The summed E-state index contributed by atoms with van der Waals surface area (Å²) in [5, 5.41) is 5.81. The smallest absolute Gasteiger partial charge is 0.255 e. The number of unbranched alkanes of at least 4 members (excludes halogenated alkanes) is 3. The molecular formula is C23H28N2O3. The normalized spacial score (nSPS) is 13.2. The summed E-state index contributed by atoms with van der Waals surface area (Å²) >= 11 is 0. The van der Waals surface area contributed by atoms with Crippen molar-refractivity contribution < 1.29 is 14.3 Å². The Morgan fingerprint density at radius 1 is 1.07 bits per heavy atom. The van der Waals surface area contributed by atoms with E-state index in [1.165, 1.54) is 19.3 Å². The van der Waals surface area contributed by atoms with E-state index in [0.29, 0.717) is 12.0 Å². The van der Waals surface area contributed by atoms with E-state index in [1.54, 1.807) is 6.07 Å². The second-order valence-corrected chi connectivity index (χ2v) is 7.16. The van der Waals surface area contributed by atoms with Crippen LogP contribution >= 0.6 is 0 Å². The lowest BCUT2D eigenvalue weighted by molar-refractivity contribution is -0.116. The van der Waals surface area contributed by atoms with Gasteiger partial charge < -0.3 is 15.4 Å². The van der Waals surface area contributed by atoms with Crippen molar-refractivity contribution in [2.24, 2.45) is 0 Å². The van der Waals surface area contributed by atoms with Gasteiger partial charge in [-0.15, -0.1) is 0 Å². The molecule has 3 rings (SSSR count). The number of anilines is 2. The molecule has 5 heteroatoms. The molecule has 0 fully saturated rings. The number of ether oxygens (including phenoxy) is 1. The van der Waals surface area contributed by atoms with Crippen molar-refractivity contribution in [1.29, 1.82) is 0 Å². The average Bonchev–Trinajstić information content (AvgIpc) is 2.89. The molecule has 0 unspecified atom stereocenters. The SMILES string of the molecule is CCCCCCOc1ccc(NC(=O)c2ccc3c(c2)CCCC(=O)N3)cc1. The van der Waals surface area contributed by atoms with Crippen LogP contribution in [0.5, 0.6) is 5.75 Å². The van der Waals surface area contributed by atoms with E-state index in [-0.39, 0.29) is 11.8 Å². The third-order valence-corrected chi connectivity index (χ3v) is 4.87. The van der Waals surface area contributed by atoms with Gasteiger partial charge in [-0.2, -0.15) is 0 Å². The summed E-state index contributed by atoms with van der Waals surface area (Å²) in [5.41, 5.74) is 3.13. The fourth-order valence-electron chi connectivity index (χ4n) is 3.27. The Hall–Kier alpha value is -2.82. The van der Waals surface area contributed by atoms with Gasteiger partial charge in [-0.05, 0) is 67.3 Å². The van der Waals surface area contributed by atoms with Gasteiger partial charge >= 0.3 is 0 Å². The lowest BCUT2D eigenvalue weighted by Crippen LogP contribution is -2.13. The quantitative estimate of drug-likeness (QED) is 0.621. The van der Waals surface area contributed by atoms with Crippen LogP contribution in [-0.2, 0) is 11.2 Å². The number of nitrogens with one attached hydrogen (secondary N) is 2. The molecule has 2 aromatic carbocycles. The fourth-order valence-corrected chi connectivity index (χ4v) is 3.27. The molecule has 0 radical (unpaired) electrons. The number of carbonyl (C=O) groups is 2. The van der Waals surface area contributed by atoms with E-state index in [9.17, 15) is 9.59 Å². The number of fused-ring (bicyclic) bond motifs is 1. The topological polar surface area (TPSA) is 67.4 Å². The first-order chi connectivity index (χ1) is 13.7. The predicted molar refractivity (Wildman–Crippen MR) is 112 cm³/mol. The highest BCUT2D eigenvalue weighted by Crippen LogP contribution is 2.24. The molecule has 0 atom stereocenters. The summed E-state index contributed by atoms with van der Waals surface area (Å²) in [6.07, 6.45) is 6.81. The maximum absolute atomic E-state index is 12.6. The minimum Gasteiger partial charge on any atom is -0.494 e. The van der Waals surface area contributed by atoms with Gasteiger partial charge in [0, 0.05) is 23.4 Å². The molecule has 5 nitrogen and oxygen atoms in total. The predicted octanol–water partition coefficient (Wildman–Crippen LogP) is 5.17. The van der Waals surface area contributed by atoms with Gasteiger partial charge in [-0.3, -0.25) is 9.59 Å². The van der Waals surface area contributed by atoms with Crippen molar-refractivity contribution in [3.05, 3.63) is 53.6 Å². The Balaban J connectivity index is 1.56. The highest BCUT2D eigenvalue weighted by molar-refractivity contribution is 6.05. The van der Waals surface area contributed by atoms with Crippen molar-refractivity contribution in [3.63, 3.8) is 0 Å². The molecule has 148 valence electrons. The van der Waals surface area contributed by atoms with E-state index in [4.69, 9.17) is 4.74 Å². The highest BCUT2D eigenvalue weighted by atomic mass is 16.5. The summed E-state index contributed by atoms with van der Waals surface area (Å²) in [7, 11) is 0. The first-order valence-electron chi connectivity index (χ1n) is 10.1. The van der Waals surface area contributed by atoms with Gasteiger partial charge in [0.1, 0.15) is 5.75 Å². The van der Waals surface area contributed by atoms with Crippen LogP contribution in [0.3, 0.4) is 0 Å². The van der Waals surface area contributed by atoms with Crippen LogP contribution in [0.4, 0.5) is 11.4 Å². The van der Waals surface area contributed by atoms with Crippen molar-refractivity contribution >= 4 is 23.2 Å². The molecular weight excluding hydrogens is 352 g/mol. The highest BCUT2D eigenvalue weighted by Gasteiger charge is 2.15. The third kappa shape index (κ3) is 5.59. The largest absolute Gasteiger partial charge is 0.494 e. The number of rotatable bonds is 8. The van der Waals surface area contributed by atoms with Crippen LogP contribution < -0.4 is 15.4 Å². The Morgan fingerprint density at radius 3 is 2.68 bits per heavy atom. The first kappa shape index (κ1) is 19.9. The zero-order valence-electron chi connectivity index (χ0n) is 16.4. The van der Waals surface area contributed by atoms with Gasteiger partial charge in [0.05, 0.1) is 6.61 Å². The zero-order chi connectivity index (χ0) is 19.8. The number of carbonyl (C=O) groups excluding carboxylic acids is 2. The number of aryl methyl sites for hydroxylation is 1. The molecule has 0 saturated carbocycles. The van der Waals surface area contributed by atoms with Crippen LogP contribution in [0.15, 0.2) is 42.5 Å². The Labute approximate surface area is 166 Å². The maximum atomic E-state index is 12.6. The second-order valence-electron chi connectivity index (χ2n) is 7.16. The summed E-state index contributed by atoms with van der Waals surface area (Å²) in [4.78, 5) is 24.2. The molecule has 2 N–H and O–H groups in total. The summed E-state index contributed by atoms with van der Waals surface area (Å²) in [6.45, 7) is 2.91. The van der Waals surface area contributed by atoms with Crippen molar-refractivity contribution in [1.82, 2.24) is 0 Å². The van der Waals surface area contributed by atoms with E-state index in [0.717, 1.165) is 48.6 Å². The molecule has 28 heavy (non-hydrogen) atoms. The number of benzene rings is 2. The van der Waals surface area contributed by atoms with Crippen molar-refractivity contribution in [2.75, 3.05) is 17.2 Å². The number of amides is 2. The van der Waals surface area contributed by atoms with Gasteiger partial charge in [0.15, 0.2) is 0 Å². The van der Waals surface area contributed by atoms with Crippen LogP contribution in [0, 0.1) is 0 Å². The molecule has 1 aliphatic rings. The average molecular weight is 380 g/mol. The van der Waals surface area contributed by atoms with Crippen LogP contribution in [0.1, 0.15) is 61.4 Å². The molecule has 0 saturated heterocycles. The molecule has 0 aliphatic carbocycles. The Morgan fingerprint density at radius 2 is 1.89 bits per heavy atom. The second kappa shape index (κ2) is 9.93. The lowest BCUT2D eigenvalue weighted by Gasteiger charge is -2.11. The summed E-state index contributed by atoms with van der Waals surface area (Å²) in [5.74, 6) is 0.686. The minimum absolute atomic E-state index is 0.0311. The van der Waals surface area contributed by atoms with Crippen LogP contribution in [-0.4, -0.2) is 18.4 Å². The van der Waals surface area contributed by atoms with E-state index in [2.05, 4.69) is 17.6 Å². The number of hydrogen-bond donors (Lipinski definition) is 2. The summed E-state index contributed by atoms with van der Waals surface area (Å²) in [6, 6.07) is 12.9. The lowest BCUT2D eigenvalue weighted by atomic mass is 10.0. The van der Waals surface area contributed by atoms with Gasteiger partial charge in [0.2, 0.25) is 5.91 Å². The summed E-state index contributed by atoms with van der Waals surface area (Å²) < 4.78 is 5.73. The molecule has 0 bridgehead atoms. The minimum atomic E-state index is -0.161.